The summed E-state index contributed by atoms with van der Waals surface area (Å²) in [4.78, 5) is 14.6. The number of hydrogen-bond acceptors (Lipinski definition) is 3. The Hall–Kier alpha value is -1.47. The lowest BCUT2D eigenvalue weighted by Gasteiger charge is -2.19. The first-order valence-corrected chi connectivity index (χ1v) is 8.17. The summed E-state index contributed by atoms with van der Waals surface area (Å²) in [6, 6.07) is 10.6. The average Bonchev–Trinajstić information content (AvgIpc) is 2.44. The van der Waals surface area contributed by atoms with E-state index in [1.54, 1.807) is 23.7 Å². The molecule has 0 aliphatic carbocycles. The van der Waals surface area contributed by atoms with Crippen LogP contribution in [0.3, 0.4) is 0 Å². The molecule has 0 aliphatic rings. The Labute approximate surface area is 132 Å². The predicted molar refractivity (Wildman–Crippen MR) is 88.4 cm³/mol. The van der Waals surface area contributed by atoms with Gasteiger partial charge in [0.2, 0.25) is 5.91 Å². The highest BCUT2D eigenvalue weighted by Crippen LogP contribution is 2.25. The second-order valence-corrected chi connectivity index (χ2v) is 7.26. The highest BCUT2D eigenvalue weighted by atomic mass is 32.2. The van der Waals surface area contributed by atoms with E-state index >= 15 is 0 Å². The molecule has 0 radical (unpaired) electrons. The van der Waals surface area contributed by atoms with Gasteiger partial charge in [-0.1, -0.05) is 32.9 Å². The fraction of sp³-hybridized carbons (Fsp3) is 0.529. The summed E-state index contributed by atoms with van der Waals surface area (Å²) in [5.74, 6) is 0.869. The predicted octanol–water partition coefficient (Wildman–Crippen LogP) is 3.84. The SMILES string of the molecule is CN(CCC#N)C(=O)CCSc1ccc(C(C)(C)C)cc1. The lowest BCUT2D eigenvalue weighted by atomic mass is 9.87. The molecule has 3 nitrogen and oxygen atoms in total. The summed E-state index contributed by atoms with van der Waals surface area (Å²) >= 11 is 1.70. The Bertz CT molecular complexity index is 497. The van der Waals surface area contributed by atoms with E-state index < -0.39 is 0 Å². The molecule has 0 aliphatic heterocycles. The van der Waals surface area contributed by atoms with Crippen LogP contribution in [0.4, 0.5) is 0 Å². The number of carbonyl (C=O) groups is 1. The average molecular weight is 304 g/mol. The van der Waals surface area contributed by atoms with E-state index in [1.807, 2.05) is 0 Å². The van der Waals surface area contributed by atoms with Crippen molar-refractivity contribution in [3.8, 4) is 6.07 Å². The van der Waals surface area contributed by atoms with Gasteiger partial charge in [-0.15, -0.1) is 11.8 Å². The van der Waals surface area contributed by atoms with Crippen molar-refractivity contribution in [1.29, 1.82) is 5.26 Å². The highest BCUT2D eigenvalue weighted by molar-refractivity contribution is 7.99. The first kappa shape index (κ1) is 17.6. The van der Waals surface area contributed by atoms with Gasteiger partial charge < -0.3 is 4.90 Å². The van der Waals surface area contributed by atoms with Gasteiger partial charge in [0, 0.05) is 30.7 Å². The molecule has 1 aromatic rings. The zero-order valence-corrected chi connectivity index (χ0v) is 14.2. The minimum Gasteiger partial charge on any atom is -0.345 e. The molecule has 0 unspecified atom stereocenters. The largest absolute Gasteiger partial charge is 0.345 e. The van der Waals surface area contributed by atoms with Gasteiger partial charge in [-0.2, -0.15) is 5.26 Å². The van der Waals surface area contributed by atoms with E-state index in [-0.39, 0.29) is 11.3 Å². The summed E-state index contributed by atoms with van der Waals surface area (Å²) in [5.41, 5.74) is 1.49. The maximum atomic E-state index is 11.8. The van der Waals surface area contributed by atoms with Crippen molar-refractivity contribution in [2.24, 2.45) is 0 Å². The van der Waals surface area contributed by atoms with Gasteiger partial charge in [0.15, 0.2) is 0 Å². The maximum Gasteiger partial charge on any atom is 0.223 e. The molecule has 21 heavy (non-hydrogen) atoms. The molecule has 0 fully saturated rings. The van der Waals surface area contributed by atoms with Crippen LogP contribution in [0.2, 0.25) is 0 Å². The summed E-state index contributed by atoms with van der Waals surface area (Å²) < 4.78 is 0. The van der Waals surface area contributed by atoms with Gasteiger partial charge in [-0.25, -0.2) is 0 Å². The van der Waals surface area contributed by atoms with Gasteiger partial charge in [-0.3, -0.25) is 4.79 Å². The monoisotopic (exact) mass is 304 g/mol. The van der Waals surface area contributed by atoms with Crippen molar-refractivity contribution in [2.45, 2.75) is 43.9 Å². The third-order valence-corrected chi connectivity index (χ3v) is 4.30. The molecule has 0 heterocycles. The Morgan fingerprint density at radius 3 is 2.43 bits per heavy atom. The lowest BCUT2D eigenvalue weighted by Crippen LogP contribution is -2.27. The molecule has 0 atom stereocenters. The number of thioether (sulfide) groups is 1. The fourth-order valence-corrected chi connectivity index (χ4v) is 2.68. The van der Waals surface area contributed by atoms with Crippen LogP contribution in [-0.4, -0.2) is 30.2 Å². The quantitative estimate of drug-likeness (QED) is 0.750. The minimum atomic E-state index is 0.101. The second-order valence-electron chi connectivity index (χ2n) is 6.10. The number of carbonyl (C=O) groups excluding carboxylic acids is 1. The number of nitrogens with zero attached hydrogens (tertiary/aromatic N) is 2. The molecule has 0 N–H and O–H groups in total. The van der Waals surface area contributed by atoms with Crippen LogP contribution in [0.15, 0.2) is 29.2 Å². The topological polar surface area (TPSA) is 44.1 Å². The summed E-state index contributed by atoms with van der Waals surface area (Å²) in [6.45, 7) is 7.11. The van der Waals surface area contributed by atoms with E-state index in [4.69, 9.17) is 5.26 Å². The third-order valence-electron chi connectivity index (χ3n) is 3.29. The zero-order valence-electron chi connectivity index (χ0n) is 13.3. The summed E-state index contributed by atoms with van der Waals surface area (Å²) in [7, 11) is 1.75. The zero-order chi connectivity index (χ0) is 15.9. The molecule has 1 amide bonds. The van der Waals surface area contributed by atoms with Crippen molar-refractivity contribution in [3.05, 3.63) is 29.8 Å². The number of benzene rings is 1. The first-order chi connectivity index (χ1) is 9.84. The third kappa shape index (κ3) is 6.22. The summed E-state index contributed by atoms with van der Waals surface area (Å²) in [5, 5.41) is 8.51. The van der Waals surface area contributed by atoms with Crippen LogP contribution in [0.1, 0.15) is 39.2 Å². The van der Waals surface area contributed by atoms with Crippen molar-refractivity contribution in [3.63, 3.8) is 0 Å². The molecule has 1 rings (SSSR count). The van der Waals surface area contributed by atoms with Crippen LogP contribution < -0.4 is 0 Å². The lowest BCUT2D eigenvalue weighted by molar-refractivity contribution is -0.129. The number of rotatable bonds is 6. The van der Waals surface area contributed by atoms with Crippen molar-refractivity contribution >= 4 is 17.7 Å². The van der Waals surface area contributed by atoms with Crippen molar-refractivity contribution in [2.75, 3.05) is 19.3 Å². The maximum absolute atomic E-state index is 11.8. The van der Waals surface area contributed by atoms with Crippen molar-refractivity contribution < 1.29 is 4.79 Å². The number of nitriles is 1. The van der Waals surface area contributed by atoms with Gasteiger partial charge in [0.05, 0.1) is 12.5 Å². The van der Waals surface area contributed by atoms with E-state index in [0.29, 0.717) is 19.4 Å². The van der Waals surface area contributed by atoms with Gasteiger partial charge in [-0.05, 0) is 23.1 Å². The van der Waals surface area contributed by atoms with Gasteiger partial charge >= 0.3 is 0 Å². The smallest absolute Gasteiger partial charge is 0.223 e. The van der Waals surface area contributed by atoms with E-state index in [2.05, 4.69) is 51.1 Å². The molecule has 0 saturated heterocycles. The standard InChI is InChI=1S/C17H24N2OS/c1-17(2,3)14-6-8-15(9-7-14)21-13-10-16(20)19(4)12-5-11-18/h6-9H,5,10,12-13H2,1-4H3. The van der Waals surface area contributed by atoms with Crippen molar-refractivity contribution in [1.82, 2.24) is 4.90 Å². The van der Waals surface area contributed by atoms with E-state index in [9.17, 15) is 4.79 Å². The summed E-state index contributed by atoms with van der Waals surface area (Å²) in [6.07, 6.45) is 0.900. The Morgan fingerprint density at radius 2 is 1.90 bits per heavy atom. The van der Waals surface area contributed by atoms with E-state index in [1.165, 1.54) is 10.5 Å². The van der Waals surface area contributed by atoms with Crippen LogP contribution in [0.25, 0.3) is 0 Å². The fourth-order valence-electron chi connectivity index (χ4n) is 1.84. The molecule has 4 heteroatoms. The molecular weight excluding hydrogens is 280 g/mol. The highest BCUT2D eigenvalue weighted by Gasteiger charge is 2.13. The normalized spacial score (nSPS) is 11.0. The van der Waals surface area contributed by atoms with Gasteiger partial charge in [0.25, 0.3) is 0 Å². The number of amides is 1. The van der Waals surface area contributed by atoms with Crippen LogP contribution in [0.5, 0.6) is 0 Å². The second kappa shape index (κ2) is 8.09. The Morgan fingerprint density at radius 1 is 1.29 bits per heavy atom. The molecular formula is C17H24N2OS. The van der Waals surface area contributed by atoms with Crippen LogP contribution >= 0.6 is 11.8 Å². The molecule has 0 spiro atoms. The molecule has 114 valence electrons. The molecule has 0 saturated carbocycles. The van der Waals surface area contributed by atoms with Crippen LogP contribution in [0, 0.1) is 11.3 Å². The van der Waals surface area contributed by atoms with Crippen LogP contribution in [-0.2, 0) is 10.2 Å². The Balaban J connectivity index is 2.39. The minimum absolute atomic E-state index is 0.101. The Kier molecular flexibility index (Phi) is 6.77. The molecule has 0 bridgehead atoms. The molecule has 0 aromatic heterocycles. The molecule has 1 aromatic carbocycles. The first-order valence-electron chi connectivity index (χ1n) is 7.19. The van der Waals surface area contributed by atoms with E-state index in [0.717, 1.165) is 5.75 Å². The van der Waals surface area contributed by atoms with Gasteiger partial charge in [0.1, 0.15) is 0 Å². The number of hydrogen-bond donors (Lipinski definition) is 0.